The second kappa shape index (κ2) is 11.7. The number of ether oxygens (including phenoxy) is 2. The molecule has 2 rings (SSSR count). The summed E-state index contributed by atoms with van der Waals surface area (Å²) in [5, 5.41) is 7.26. The second-order valence-corrected chi connectivity index (χ2v) is 8.25. The molecule has 2 N–H and O–H groups in total. The molecular weight excluding hydrogens is 382 g/mol. The van der Waals surface area contributed by atoms with E-state index in [1.54, 1.807) is 0 Å². The highest BCUT2D eigenvalue weighted by Gasteiger charge is 2.41. The SMILES string of the molecule is CCCCCCC(F)(F)C(=O)/C=C/[C@@H]1C(CC(=O)[OH2+])CCC1OC1CCCCO1. The van der Waals surface area contributed by atoms with E-state index in [1.807, 2.05) is 6.92 Å². The number of hydrogen-bond donors (Lipinski definition) is 0. The third kappa shape index (κ3) is 7.78. The number of ketones is 1. The number of allylic oxidation sites excluding steroid dienone is 1. The predicted molar refractivity (Wildman–Crippen MR) is 106 cm³/mol. The van der Waals surface area contributed by atoms with Crippen LogP contribution in [0.5, 0.6) is 0 Å². The van der Waals surface area contributed by atoms with Crippen LogP contribution in [0.15, 0.2) is 12.2 Å². The maximum atomic E-state index is 14.2. The zero-order valence-electron chi connectivity index (χ0n) is 17.3. The van der Waals surface area contributed by atoms with Gasteiger partial charge in [-0.05, 0) is 50.5 Å². The van der Waals surface area contributed by atoms with Gasteiger partial charge in [0.2, 0.25) is 5.78 Å². The fourth-order valence-corrected chi connectivity index (χ4v) is 4.21. The Morgan fingerprint density at radius 3 is 2.62 bits per heavy atom. The van der Waals surface area contributed by atoms with Crippen LogP contribution in [-0.2, 0) is 19.1 Å². The lowest BCUT2D eigenvalue weighted by Gasteiger charge is -2.29. The lowest BCUT2D eigenvalue weighted by molar-refractivity contribution is -0.192. The normalized spacial score (nSPS) is 28.1. The van der Waals surface area contributed by atoms with Crippen LogP contribution in [0.3, 0.4) is 0 Å². The van der Waals surface area contributed by atoms with Crippen LogP contribution >= 0.6 is 0 Å². The summed E-state index contributed by atoms with van der Waals surface area (Å²) in [5.74, 6) is -5.75. The standard InChI is InChI=1S/C22H34F2O5/c1-2-3-4-6-13-22(23,24)19(25)12-10-17-16(15-20(26)27)9-11-18(17)29-21-8-5-7-14-28-21/h10,12,16-18,21H,2-9,11,13-15H2,1H3,(H,26,27)/p+1/b12-10+/t16?,17-,18?,21?/m1/s1. The van der Waals surface area contributed by atoms with Gasteiger partial charge in [0.1, 0.15) is 6.42 Å². The first kappa shape index (κ1) is 23.9. The fraction of sp³-hybridized carbons (Fsp3) is 0.818. The zero-order chi connectivity index (χ0) is 21.3. The summed E-state index contributed by atoms with van der Waals surface area (Å²) >= 11 is 0. The van der Waals surface area contributed by atoms with Crippen molar-refractivity contribution < 1.29 is 33.0 Å². The number of halogens is 2. The van der Waals surface area contributed by atoms with Gasteiger partial charge in [0, 0.05) is 23.7 Å². The number of carbonyl (C=O) groups excluding carboxylic acids is 2. The molecule has 1 saturated heterocycles. The van der Waals surface area contributed by atoms with Gasteiger partial charge >= 0.3 is 11.9 Å². The molecule has 3 unspecified atom stereocenters. The number of unbranched alkanes of at least 4 members (excludes halogenated alkanes) is 3. The Hall–Kier alpha value is -1.34. The summed E-state index contributed by atoms with van der Waals surface area (Å²) in [6, 6.07) is 0. The highest BCUT2D eigenvalue weighted by Crippen LogP contribution is 2.39. The smallest absolute Gasteiger partial charge is 0.516 e. The van der Waals surface area contributed by atoms with Gasteiger partial charge < -0.3 is 14.6 Å². The van der Waals surface area contributed by atoms with E-state index in [4.69, 9.17) is 14.6 Å². The fourth-order valence-electron chi connectivity index (χ4n) is 4.21. The Balaban J connectivity index is 1.99. The largest absolute Gasteiger partial charge is 0.565 e. The van der Waals surface area contributed by atoms with Crippen LogP contribution in [0.25, 0.3) is 0 Å². The monoisotopic (exact) mass is 417 g/mol. The van der Waals surface area contributed by atoms with Crippen molar-refractivity contribution >= 4 is 11.8 Å². The van der Waals surface area contributed by atoms with Crippen molar-refractivity contribution in [3.8, 4) is 0 Å². The van der Waals surface area contributed by atoms with Crippen molar-refractivity contribution in [2.75, 3.05) is 6.61 Å². The Morgan fingerprint density at radius 1 is 1.17 bits per heavy atom. The van der Waals surface area contributed by atoms with Crippen molar-refractivity contribution in [1.29, 1.82) is 0 Å². The van der Waals surface area contributed by atoms with Crippen LogP contribution in [0.2, 0.25) is 0 Å². The first-order valence-corrected chi connectivity index (χ1v) is 11.0. The minimum Gasteiger partial charge on any atom is -0.565 e. The minimum atomic E-state index is -3.37. The Labute approximate surface area is 171 Å². The van der Waals surface area contributed by atoms with Crippen LogP contribution in [0.1, 0.15) is 77.6 Å². The summed E-state index contributed by atoms with van der Waals surface area (Å²) in [4.78, 5) is 23.4. The molecule has 0 bridgehead atoms. The Bertz CT molecular complexity index is 557. The van der Waals surface area contributed by atoms with Gasteiger partial charge in [-0.2, -0.15) is 8.78 Å². The van der Waals surface area contributed by atoms with E-state index >= 15 is 0 Å². The van der Waals surface area contributed by atoms with Crippen molar-refractivity contribution in [2.24, 2.45) is 11.8 Å². The van der Waals surface area contributed by atoms with Gasteiger partial charge in [0.05, 0.1) is 6.10 Å². The quantitative estimate of drug-likeness (QED) is 0.270. The molecule has 0 spiro atoms. The molecule has 0 aromatic rings. The molecular formula is C22H35F2O5+. The minimum absolute atomic E-state index is 0.0436. The number of rotatable bonds is 12. The van der Waals surface area contributed by atoms with Crippen molar-refractivity contribution in [1.82, 2.24) is 0 Å². The molecule has 1 aliphatic carbocycles. The first-order valence-electron chi connectivity index (χ1n) is 11.0. The zero-order valence-corrected chi connectivity index (χ0v) is 17.3. The van der Waals surface area contributed by atoms with E-state index in [9.17, 15) is 18.4 Å². The van der Waals surface area contributed by atoms with Crippen LogP contribution in [-0.4, -0.2) is 41.8 Å². The molecule has 1 aliphatic heterocycles. The Kier molecular flexibility index (Phi) is 9.69. The summed E-state index contributed by atoms with van der Waals surface area (Å²) < 4.78 is 40.0. The number of hydrogen-bond acceptors (Lipinski definition) is 4. The van der Waals surface area contributed by atoms with Crippen molar-refractivity contribution in [2.45, 2.75) is 95.9 Å². The molecule has 2 aliphatic rings. The molecule has 0 radical (unpaired) electrons. The number of carbonyl (C=O) groups is 2. The molecule has 29 heavy (non-hydrogen) atoms. The third-order valence-corrected chi connectivity index (χ3v) is 5.88. The van der Waals surface area contributed by atoms with E-state index in [0.717, 1.165) is 38.2 Å². The molecule has 1 heterocycles. The van der Waals surface area contributed by atoms with Crippen LogP contribution in [0.4, 0.5) is 8.78 Å². The lowest BCUT2D eigenvalue weighted by atomic mass is 9.90. The molecule has 4 atom stereocenters. The van der Waals surface area contributed by atoms with E-state index in [-0.39, 0.29) is 30.7 Å². The molecule has 166 valence electrons. The van der Waals surface area contributed by atoms with Gasteiger partial charge in [-0.25, -0.2) is 0 Å². The molecule has 0 aromatic heterocycles. The topological polar surface area (TPSA) is 75.5 Å². The van der Waals surface area contributed by atoms with E-state index in [1.165, 1.54) is 6.08 Å². The summed E-state index contributed by atoms with van der Waals surface area (Å²) in [7, 11) is 0. The van der Waals surface area contributed by atoms with Gasteiger partial charge in [-0.3, -0.25) is 4.79 Å². The highest BCUT2D eigenvalue weighted by atomic mass is 19.3. The maximum Gasteiger partial charge on any atom is 0.516 e. The van der Waals surface area contributed by atoms with E-state index in [2.05, 4.69) is 0 Å². The summed E-state index contributed by atoms with van der Waals surface area (Å²) in [6.45, 7) is 2.64. The first-order chi connectivity index (χ1) is 13.8. The van der Waals surface area contributed by atoms with Crippen LogP contribution in [0, 0.1) is 11.8 Å². The van der Waals surface area contributed by atoms with Gasteiger partial charge in [-0.1, -0.05) is 32.3 Å². The second-order valence-electron chi connectivity index (χ2n) is 8.25. The summed E-state index contributed by atoms with van der Waals surface area (Å²) in [5.41, 5.74) is 0. The molecule has 2 fully saturated rings. The van der Waals surface area contributed by atoms with E-state index in [0.29, 0.717) is 32.3 Å². The van der Waals surface area contributed by atoms with Gasteiger partial charge in [0.15, 0.2) is 6.29 Å². The average Bonchev–Trinajstić information content (AvgIpc) is 3.04. The lowest BCUT2D eigenvalue weighted by Crippen LogP contribution is -2.31. The highest BCUT2D eigenvalue weighted by molar-refractivity contribution is 5.95. The van der Waals surface area contributed by atoms with Crippen molar-refractivity contribution in [3.63, 3.8) is 0 Å². The third-order valence-electron chi connectivity index (χ3n) is 5.88. The average molecular weight is 418 g/mol. The molecule has 1 saturated carbocycles. The van der Waals surface area contributed by atoms with Crippen molar-refractivity contribution in [3.05, 3.63) is 12.2 Å². The van der Waals surface area contributed by atoms with Gasteiger partial charge in [0.25, 0.3) is 0 Å². The molecule has 7 heteroatoms. The molecule has 5 nitrogen and oxygen atoms in total. The van der Waals surface area contributed by atoms with E-state index < -0.39 is 24.1 Å². The molecule has 0 amide bonds. The maximum absolute atomic E-state index is 14.2. The number of alkyl halides is 2. The predicted octanol–water partition coefficient (Wildman–Crippen LogP) is 4.30. The van der Waals surface area contributed by atoms with Gasteiger partial charge in [-0.15, -0.1) is 0 Å². The Morgan fingerprint density at radius 2 is 1.97 bits per heavy atom. The molecule has 0 aromatic carbocycles. The van der Waals surface area contributed by atoms with Crippen LogP contribution < -0.4 is 0 Å². The summed E-state index contributed by atoms with van der Waals surface area (Å²) in [6.07, 6.45) is 8.39.